The SMILES string of the molecule is COc1cn(Cc2cc(F)cc(Cl)c2)c(Nc2ccc(OC(F)(F)F)cc2C)nc1=O. The third kappa shape index (κ3) is 5.88. The molecule has 0 amide bonds. The van der Waals surface area contributed by atoms with Crippen molar-refractivity contribution < 1.29 is 27.0 Å². The Morgan fingerprint density at radius 2 is 1.94 bits per heavy atom. The number of hydrogen-bond donors (Lipinski definition) is 1. The van der Waals surface area contributed by atoms with Crippen LogP contribution >= 0.6 is 11.6 Å². The van der Waals surface area contributed by atoms with Gasteiger partial charge in [-0.3, -0.25) is 4.79 Å². The van der Waals surface area contributed by atoms with Crippen LogP contribution in [0, 0.1) is 12.7 Å². The maximum atomic E-state index is 13.7. The molecule has 0 radical (unpaired) electrons. The molecule has 3 aromatic rings. The third-order valence-electron chi connectivity index (χ3n) is 4.14. The van der Waals surface area contributed by atoms with Crippen LogP contribution in [0.1, 0.15) is 11.1 Å². The Hall–Kier alpha value is -3.27. The van der Waals surface area contributed by atoms with Crippen LogP contribution in [-0.2, 0) is 6.54 Å². The zero-order valence-electron chi connectivity index (χ0n) is 16.3. The number of anilines is 2. The van der Waals surface area contributed by atoms with Crippen LogP contribution in [0.15, 0.2) is 47.4 Å². The van der Waals surface area contributed by atoms with Gasteiger partial charge in [-0.1, -0.05) is 11.6 Å². The standard InChI is InChI=1S/C20H16ClF4N3O3/c1-11-5-15(31-20(23,24)25)3-4-16(11)26-19-27-18(29)17(30-2)10-28(19)9-12-6-13(21)8-14(22)7-12/h3-8,10H,9H2,1-2H3,(H,26,27,29). The van der Waals surface area contributed by atoms with Crippen LogP contribution in [0.3, 0.4) is 0 Å². The lowest BCUT2D eigenvalue weighted by molar-refractivity contribution is -0.274. The fourth-order valence-corrected chi connectivity index (χ4v) is 3.07. The van der Waals surface area contributed by atoms with Gasteiger partial charge in [0.25, 0.3) is 0 Å². The molecule has 11 heteroatoms. The molecular weight excluding hydrogens is 442 g/mol. The average molecular weight is 458 g/mol. The van der Waals surface area contributed by atoms with Gasteiger partial charge in [0.15, 0.2) is 0 Å². The largest absolute Gasteiger partial charge is 0.573 e. The van der Waals surface area contributed by atoms with Crippen molar-refractivity contribution in [3.63, 3.8) is 0 Å². The highest BCUT2D eigenvalue weighted by molar-refractivity contribution is 6.30. The van der Waals surface area contributed by atoms with Crippen molar-refractivity contribution in [3.05, 3.63) is 74.9 Å². The van der Waals surface area contributed by atoms with E-state index in [-0.39, 0.29) is 29.0 Å². The van der Waals surface area contributed by atoms with Crippen molar-refractivity contribution in [1.82, 2.24) is 9.55 Å². The molecule has 0 unspecified atom stereocenters. The summed E-state index contributed by atoms with van der Waals surface area (Å²) in [6, 6.07) is 7.65. The summed E-state index contributed by atoms with van der Waals surface area (Å²) in [5.41, 5.74) is 0.629. The summed E-state index contributed by atoms with van der Waals surface area (Å²) in [6.45, 7) is 1.64. The van der Waals surface area contributed by atoms with Gasteiger partial charge in [-0.15, -0.1) is 13.2 Å². The van der Waals surface area contributed by atoms with E-state index in [9.17, 15) is 22.4 Å². The molecular formula is C20H16ClF4N3O3. The van der Waals surface area contributed by atoms with Gasteiger partial charge < -0.3 is 19.4 Å². The molecule has 0 aliphatic carbocycles. The fourth-order valence-electron chi connectivity index (χ4n) is 2.83. The summed E-state index contributed by atoms with van der Waals surface area (Å²) in [7, 11) is 1.30. The third-order valence-corrected chi connectivity index (χ3v) is 4.35. The maximum absolute atomic E-state index is 13.7. The number of benzene rings is 2. The Balaban J connectivity index is 1.97. The molecule has 31 heavy (non-hydrogen) atoms. The predicted octanol–water partition coefficient (Wildman–Crippen LogP) is 5.04. The van der Waals surface area contributed by atoms with E-state index in [0.29, 0.717) is 16.8 Å². The molecule has 164 valence electrons. The van der Waals surface area contributed by atoms with Crippen LogP contribution in [0.25, 0.3) is 0 Å². The van der Waals surface area contributed by atoms with Crippen LogP contribution in [0.5, 0.6) is 11.5 Å². The zero-order valence-corrected chi connectivity index (χ0v) is 17.0. The lowest BCUT2D eigenvalue weighted by Crippen LogP contribution is -2.19. The van der Waals surface area contributed by atoms with E-state index in [0.717, 1.165) is 12.1 Å². The summed E-state index contributed by atoms with van der Waals surface area (Å²) in [5, 5.41) is 3.10. The Morgan fingerprint density at radius 3 is 2.55 bits per heavy atom. The number of aromatic nitrogens is 2. The molecule has 0 atom stereocenters. The molecule has 6 nitrogen and oxygen atoms in total. The molecule has 2 aromatic carbocycles. The molecule has 1 N–H and O–H groups in total. The molecule has 0 bridgehead atoms. The lowest BCUT2D eigenvalue weighted by Gasteiger charge is -2.17. The molecule has 3 rings (SSSR count). The first kappa shape index (κ1) is 22.4. The summed E-state index contributed by atoms with van der Waals surface area (Å²) >= 11 is 5.90. The molecule has 1 aromatic heterocycles. The molecule has 0 spiro atoms. The van der Waals surface area contributed by atoms with Crippen molar-refractivity contribution in [1.29, 1.82) is 0 Å². The van der Waals surface area contributed by atoms with Gasteiger partial charge in [0.1, 0.15) is 11.6 Å². The van der Waals surface area contributed by atoms with Crippen molar-refractivity contribution in [2.75, 3.05) is 12.4 Å². The van der Waals surface area contributed by atoms with Crippen molar-refractivity contribution >= 4 is 23.2 Å². The maximum Gasteiger partial charge on any atom is 0.573 e. The smallest absolute Gasteiger partial charge is 0.490 e. The van der Waals surface area contributed by atoms with E-state index in [1.807, 2.05) is 0 Å². The van der Waals surface area contributed by atoms with Gasteiger partial charge in [0.05, 0.1) is 19.9 Å². The second-order valence-electron chi connectivity index (χ2n) is 6.49. The normalized spacial score (nSPS) is 11.3. The van der Waals surface area contributed by atoms with Gasteiger partial charge in [-0.25, -0.2) is 4.39 Å². The monoisotopic (exact) mass is 457 g/mol. The number of methoxy groups -OCH3 is 1. The topological polar surface area (TPSA) is 65.4 Å². The highest BCUT2D eigenvalue weighted by atomic mass is 35.5. The van der Waals surface area contributed by atoms with Gasteiger partial charge in [-0.05, 0) is 54.4 Å². The molecule has 0 saturated heterocycles. The van der Waals surface area contributed by atoms with E-state index in [1.165, 1.54) is 36.1 Å². The predicted molar refractivity (Wildman–Crippen MR) is 107 cm³/mol. The van der Waals surface area contributed by atoms with Gasteiger partial charge in [0.2, 0.25) is 11.7 Å². The first-order chi connectivity index (χ1) is 14.5. The molecule has 0 saturated carbocycles. The summed E-state index contributed by atoms with van der Waals surface area (Å²) < 4.78 is 61.4. The quantitative estimate of drug-likeness (QED) is 0.525. The molecule has 0 aliphatic rings. The number of halogens is 5. The van der Waals surface area contributed by atoms with E-state index in [2.05, 4.69) is 15.0 Å². The minimum atomic E-state index is -4.81. The van der Waals surface area contributed by atoms with E-state index in [1.54, 1.807) is 13.0 Å². The van der Waals surface area contributed by atoms with Crippen LogP contribution in [0.2, 0.25) is 5.02 Å². The first-order valence-corrected chi connectivity index (χ1v) is 9.16. The first-order valence-electron chi connectivity index (χ1n) is 8.78. The Morgan fingerprint density at radius 1 is 1.19 bits per heavy atom. The van der Waals surface area contributed by atoms with Crippen LogP contribution < -0.4 is 20.3 Å². The lowest BCUT2D eigenvalue weighted by atomic mass is 10.2. The average Bonchev–Trinajstić information content (AvgIpc) is 2.63. The van der Waals surface area contributed by atoms with Crippen molar-refractivity contribution in [2.45, 2.75) is 19.8 Å². The number of alkyl halides is 3. The highest BCUT2D eigenvalue weighted by Gasteiger charge is 2.31. The van der Waals surface area contributed by atoms with Gasteiger partial charge in [0, 0.05) is 10.7 Å². The minimum absolute atomic E-state index is 0.0429. The second-order valence-corrected chi connectivity index (χ2v) is 6.93. The number of aryl methyl sites for hydroxylation is 1. The van der Waals surface area contributed by atoms with Crippen molar-refractivity contribution in [2.24, 2.45) is 0 Å². The van der Waals surface area contributed by atoms with E-state index in [4.69, 9.17) is 16.3 Å². The number of nitrogens with one attached hydrogen (secondary N) is 1. The molecule has 1 heterocycles. The number of ether oxygens (including phenoxy) is 2. The van der Waals surface area contributed by atoms with Gasteiger partial charge in [-0.2, -0.15) is 4.98 Å². The summed E-state index contributed by atoms with van der Waals surface area (Å²) in [4.78, 5) is 16.1. The second kappa shape index (κ2) is 8.84. The van der Waals surface area contributed by atoms with Gasteiger partial charge >= 0.3 is 11.9 Å². The van der Waals surface area contributed by atoms with Crippen LogP contribution in [-0.4, -0.2) is 23.0 Å². The number of rotatable bonds is 6. The summed E-state index contributed by atoms with van der Waals surface area (Å²) in [5.74, 6) is -0.892. The molecule has 0 aliphatic heterocycles. The highest BCUT2D eigenvalue weighted by Crippen LogP contribution is 2.28. The Labute approximate surface area is 179 Å². The summed E-state index contributed by atoms with van der Waals surface area (Å²) in [6.07, 6.45) is -3.43. The van der Waals surface area contributed by atoms with Crippen molar-refractivity contribution in [3.8, 4) is 11.5 Å². The molecule has 0 fully saturated rings. The zero-order chi connectivity index (χ0) is 22.8. The van der Waals surface area contributed by atoms with E-state index < -0.39 is 17.7 Å². The number of nitrogens with zero attached hydrogens (tertiary/aromatic N) is 2. The Bertz CT molecular complexity index is 1150. The fraction of sp³-hybridized carbons (Fsp3) is 0.200. The van der Waals surface area contributed by atoms with Crippen LogP contribution in [0.4, 0.5) is 29.2 Å². The minimum Gasteiger partial charge on any atom is -0.490 e. The van der Waals surface area contributed by atoms with E-state index >= 15 is 0 Å². The number of hydrogen-bond acceptors (Lipinski definition) is 5. The Kier molecular flexibility index (Phi) is 6.40.